The van der Waals surface area contributed by atoms with Gasteiger partial charge in [0.2, 0.25) is 0 Å². The van der Waals surface area contributed by atoms with Crippen LogP contribution in [0.15, 0.2) is 29.4 Å². The molecule has 1 aliphatic carbocycles. The molecule has 1 fully saturated rings. The molecule has 0 aromatic heterocycles. The summed E-state index contributed by atoms with van der Waals surface area (Å²) < 4.78 is 5.29. The van der Waals surface area contributed by atoms with Gasteiger partial charge in [-0.15, -0.1) is 0 Å². The summed E-state index contributed by atoms with van der Waals surface area (Å²) in [5.41, 5.74) is 3.50. The summed E-state index contributed by atoms with van der Waals surface area (Å²) in [5, 5.41) is 14.2. The number of rotatable bonds is 5. The number of benzene rings is 1. The van der Waals surface area contributed by atoms with Crippen LogP contribution in [0.25, 0.3) is 0 Å². The zero-order valence-electron chi connectivity index (χ0n) is 12.2. The van der Waals surface area contributed by atoms with E-state index in [2.05, 4.69) is 28.3 Å². The van der Waals surface area contributed by atoms with Crippen LogP contribution in [0.4, 0.5) is 0 Å². The number of β-amino-alcohol motifs (C(OH)–C–C–N with tert-alkyl or cyclic N) is 1. The summed E-state index contributed by atoms with van der Waals surface area (Å²) >= 11 is 0. The number of ether oxygens (including phenoxy) is 1. The van der Waals surface area contributed by atoms with Gasteiger partial charge in [0.25, 0.3) is 0 Å². The molecule has 5 heteroatoms. The van der Waals surface area contributed by atoms with Crippen LogP contribution in [0.5, 0.6) is 0 Å². The Labute approximate surface area is 125 Å². The van der Waals surface area contributed by atoms with Crippen LogP contribution in [0.1, 0.15) is 17.5 Å². The van der Waals surface area contributed by atoms with Crippen molar-refractivity contribution in [3.8, 4) is 0 Å². The van der Waals surface area contributed by atoms with E-state index in [9.17, 15) is 5.11 Å². The van der Waals surface area contributed by atoms with Gasteiger partial charge in [-0.2, -0.15) is 0 Å². The summed E-state index contributed by atoms with van der Waals surface area (Å²) in [6.07, 6.45) is 1.43. The third-order valence-electron chi connectivity index (χ3n) is 3.97. The fraction of sp³-hybridized carbons (Fsp3) is 0.562. The van der Waals surface area contributed by atoms with Crippen LogP contribution >= 0.6 is 0 Å². The van der Waals surface area contributed by atoms with Crippen molar-refractivity contribution < 1.29 is 14.7 Å². The topological polar surface area (TPSA) is 54.3 Å². The number of aryl methyl sites for hydroxylation is 1. The van der Waals surface area contributed by atoms with Crippen LogP contribution in [0.2, 0.25) is 0 Å². The molecule has 1 atom stereocenters. The molecule has 1 aromatic carbocycles. The van der Waals surface area contributed by atoms with E-state index >= 15 is 0 Å². The lowest BCUT2D eigenvalue weighted by atomic mass is 10.1. The molecule has 0 spiro atoms. The van der Waals surface area contributed by atoms with E-state index in [1.54, 1.807) is 0 Å². The molecule has 0 radical (unpaired) electrons. The van der Waals surface area contributed by atoms with E-state index in [4.69, 9.17) is 9.57 Å². The molecule has 1 unspecified atom stereocenters. The first-order valence-electron chi connectivity index (χ1n) is 7.58. The van der Waals surface area contributed by atoms with Crippen LogP contribution in [-0.2, 0) is 16.0 Å². The number of fused-ring (bicyclic) bond motifs is 1. The van der Waals surface area contributed by atoms with Gasteiger partial charge in [-0.25, -0.2) is 0 Å². The second-order valence-corrected chi connectivity index (χ2v) is 5.56. The Morgan fingerprint density at radius 1 is 1.24 bits per heavy atom. The Hall–Kier alpha value is -1.43. The van der Waals surface area contributed by atoms with Gasteiger partial charge < -0.3 is 14.7 Å². The van der Waals surface area contributed by atoms with Crippen LogP contribution in [0, 0.1) is 0 Å². The highest BCUT2D eigenvalue weighted by Crippen LogP contribution is 2.22. The number of hydrogen-bond donors (Lipinski definition) is 1. The molecule has 2 aliphatic rings. The maximum atomic E-state index is 9.99. The largest absolute Gasteiger partial charge is 0.393 e. The van der Waals surface area contributed by atoms with E-state index in [0.29, 0.717) is 6.54 Å². The molecule has 0 bridgehead atoms. The number of hydrogen-bond acceptors (Lipinski definition) is 5. The first kappa shape index (κ1) is 14.5. The lowest BCUT2D eigenvalue weighted by Crippen LogP contribution is -2.42. The van der Waals surface area contributed by atoms with Gasteiger partial charge in [-0.3, -0.25) is 4.90 Å². The standard InChI is InChI=1S/C16H22N2O3/c19-14(11-18-7-9-20-10-8-18)12-21-17-16-6-5-13-3-1-2-4-15(13)16/h1-4,14,19H,5-12H2. The smallest absolute Gasteiger partial charge is 0.144 e. The van der Waals surface area contributed by atoms with Gasteiger partial charge in [0.05, 0.1) is 18.9 Å². The van der Waals surface area contributed by atoms with Crippen molar-refractivity contribution in [1.29, 1.82) is 0 Å². The van der Waals surface area contributed by atoms with Crippen LogP contribution < -0.4 is 0 Å². The summed E-state index contributed by atoms with van der Waals surface area (Å²) in [6, 6.07) is 8.28. The highest BCUT2D eigenvalue weighted by molar-refractivity contribution is 6.04. The molecule has 3 rings (SSSR count). The molecule has 0 saturated carbocycles. The maximum absolute atomic E-state index is 9.99. The third kappa shape index (κ3) is 3.81. The molecule has 1 heterocycles. The van der Waals surface area contributed by atoms with Gasteiger partial charge in [0, 0.05) is 25.2 Å². The number of aliphatic hydroxyl groups is 1. The van der Waals surface area contributed by atoms with Crippen molar-refractivity contribution in [1.82, 2.24) is 4.90 Å². The number of oxime groups is 1. The molecular formula is C16H22N2O3. The number of nitrogens with zero attached hydrogens (tertiary/aromatic N) is 2. The molecule has 1 aromatic rings. The average Bonchev–Trinajstić information content (AvgIpc) is 2.92. The van der Waals surface area contributed by atoms with Gasteiger partial charge in [-0.1, -0.05) is 29.4 Å². The monoisotopic (exact) mass is 290 g/mol. The van der Waals surface area contributed by atoms with E-state index < -0.39 is 6.10 Å². The molecule has 1 N–H and O–H groups in total. The Bertz CT molecular complexity index is 498. The highest BCUT2D eigenvalue weighted by atomic mass is 16.6. The van der Waals surface area contributed by atoms with Gasteiger partial charge in [0.15, 0.2) is 0 Å². The van der Waals surface area contributed by atoms with E-state index in [0.717, 1.165) is 44.9 Å². The Morgan fingerprint density at radius 2 is 2.05 bits per heavy atom. The minimum absolute atomic E-state index is 0.239. The van der Waals surface area contributed by atoms with Crippen molar-refractivity contribution >= 4 is 5.71 Å². The van der Waals surface area contributed by atoms with Gasteiger partial charge >= 0.3 is 0 Å². The lowest BCUT2D eigenvalue weighted by Gasteiger charge is -2.28. The Morgan fingerprint density at radius 3 is 2.90 bits per heavy atom. The van der Waals surface area contributed by atoms with Crippen molar-refractivity contribution in [3.05, 3.63) is 35.4 Å². The zero-order valence-corrected chi connectivity index (χ0v) is 12.2. The lowest BCUT2D eigenvalue weighted by molar-refractivity contribution is -0.0131. The average molecular weight is 290 g/mol. The predicted octanol–water partition coefficient (Wildman–Crippen LogP) is 1.05. The molecule has 1 aliphatic heterocycles. The second kappa shape index (κ2) is 7.02. The van der Waals surface area contributed by atoms with Crippen molar-refractivity contribution in [3.63, 3.8) is 0 Å². The summed E-state index contributed by atoms with van der Waals surface area (Å²) in [5.74, 6) is 0. The predicted molar refractivity (Wildman–Crippen MR) is 80.5 cm³/mol. The minimum Gasteiger partial charge on any atom is -0.393 e. The van der Waals surface area contributed by atoms with E-state index in [1.165, 1.54) is 11.1 Å². The van der Waals surface area contributed by atoms with E-state index in [-0.39, 0.29) is 6.61 Å². The second-order valence-electron chi connectivity index (χ2n) is 5.56. The van der Waals surface area contributed by atoms with Crippen LogP contribution in [-0.4, -0.2) is 61.3 Å². The SMILES string of the molecule is OC(CON=C1CCc2ccccc21)CN1CCOCC1. The summed E-state index contributed by atoms with van der Waals surface area (Å²) in [7, 11) is 0. The Kier molecular flexibility index (Phi) is 4.85. The van der Waals surface area contributed by atoms with Crippen molar-refractivity contribution in [2.75, 3.05) is 39.5 Å². The third-order valence-corrected chi connectivity index (χ3v) is 3.97. The molecular weight excluding hydrogens is 268 g/mol. The van der Waals surface area contributed by atoms with E-state index in [1.807, 2.05) is 6.07 Å². The number of aliphatic hydroxyl groups excluding tert-OH is 1. The molecule has 114 valence electrons. The minimum atomic E-state index is -0.510. The normalized spacial score (nSPS) is 22.2. The van der Waals surface area contributed by atoms with Gasteiger partial charge in [-0.05, 0) is 18.4 Å². The summed E-state index contributed by atoms with van der Waals surface area (Å²) in [6.45, 7) is 4.09. The highest BCUT2D eigenvalue weighted by Gasteiger charge is 2.18. The van der Waals surface area contributed by atoms with Crippen molar-refractivity contribution in [2.24, 2.45) is 5.16 Å². The van der Waals surface area contributed by atoms with Crippen molar-refractivity contribution in [2.45, 2.75) is 18.9 Å². The maximum Gasteiger partial charge on any atom is 0.144 e. The van der Waals surface area contributed by atoms with Crippen LogP contribution in [0.3, 0.4) is 0 Å². The fourth-order valence-corrected chi connectivity index (χ4v) is 2.84. The molecule has 21 heavy (non-hydrogen) atoms. The molecule has 0 amide bonds. The first-order chi connectivity index (χ1) is 10.3. The Balaban J connectivity index is 1.46. The zero-order chi connectivity index (χ0) is 14.5. The first-order valence-corrected chi connectivity index (χ1v) is 7.58. The fourth-order valence-electron chi connectivity index (χ4n) is 2.84. The quantitative estimate of drug-likeness (QED) is 0.824. The molecule has 1 saturated heterocycles. The van der Waals surface area contributed by atoms with Gasteiger partial charge in [0.1, 0.15) is 12.7 Å². The molecule has 5 nitrogen and oxygen atoms in total. The summed E-state index contributed by atoms with van der Waals surface area (Å²) in [4.78, 5) is 7.55. The number of morpholine rings is 1.